The Labute approximate surface area is 76.9 Å². The van der Waals surface area contributed by atoms with Crippen LogP contribution >= 0.6 is 0 Å². The number of hydrogen-bond acceptors (Lipinski definition) is 5. The maximum Gasteiger partial charge on any atom is 0.248 e. The lowest BCUT2D eigenvalue weighted by molar-refractivity contribution is 0.592. The molecule has 0 amide bonds. The third kappa shape index (κ3) is 2.38. The zero-order valence-electron chi connectivity index (χ0n) is 7.48. The average Bonchev–Trinajstić information content (AvgIpc) is 2.01. The second-order valence-corrected chi connectivity index (χ2v) is 4.60. The smallest absolute Gasteiger partial charge is 0.248 e. The fourth-order valence-electron chi connectivity index (χ4n) is 0.840. The van der Waals surface area contributed by atoms with Crippen LogP contribution in [0.4, 0.5) is 5.82 Å². The normalized spacial score (nSPS) is 11.5. The zero-order valence-corrected chi connectivity index (χ0v) is 8.30. The predicted octanol–water partition coefficient (Wildman–Crippen LogP) is 0.0247. The Kier molecular flexibility index (Phi) is 2.51. The number of nitrogen functional groups attached to an aromatic ring is 1. The van der Waals surface area contributed by atoms with Gasteiger partial charge in [0.25, 0.3) is 0 Å². The highest BCUT2D eigenvalue weighted by molar-refractivity contribution is 7.90. The lowest BCUT2D eigenvalue weighted by Crippen LogP contribution is -2.08. The first-order valence-electron chi connectivity index (χ1n) is 3.77. The highest BCUT2D eigenvalue weighted by Crippen LogP contribution is 2.07. The van der Waals surface area contributed by atoms with Crippen LogP contribution in [0.1, 0.15) is 12.6 Å². The fraction of sp³-hybridized carbons (Fsp3) is 0.429. The van der Waals surface area contributed by atoms with Gasteiger partial charge in [0.2, 0.25) is 15.0 Å². The first-order chi connectivity index (χ1) is 5.93. The SMILES string of the molecule is CCc1cc(N)nc(S(C)(=O)=O)n1. The van der Waals surface area contributed by atoms with Crippen LogP contribution in [0.15, 0.2) is 11.2 Å². The number of aromatic nitrogens is 2. The molecule has 0 atom stereocenters. The molecule has 0 aliphatic carbocycles. The molecule has 2 N–H and O–H groups in total. The van der Waals surface area contributed by atoms with Crippen LogP contribution in [-0.2, 0) is 16.3 Å². The summed E-state index contributed by atoms with van der Waals surface area (Å²) in [4.78, 5) is 7.48. The molecule has 0 saturated heterocycles. The molecule has 1 rings (SSSR count). The zero-order chi connectivity index (χ0) is 10.1. The Bertz CT molecular complexity index is 414. The van der Waals surface area contributed by atoms with E-state index < -0.39 is 9.84 Å². The van der Waals surface area contributed by atoms with E-state index in [1.807, 2.05) is 6.92 Å². The van der Waals surface area contributed by atoms with Gasteiger partial charge in [0.05, 0.1) is 0 Å². The van der Waals surface area contributed by atoms with E-state index in [-0.39, 0.29) is 11.0 Å². The monoisotopic (exact) mass is 201 g/mol. The molecule has 1 aromatic rings. The molecule has 0 radical (unpaired) electrons. The molecular weight excluding hydrogens is 190 g/mol. The van der Waals surface area contributed by atoms with Gasteiger partial charge < -0.3 is 5.73 Å². The Morgan fingerprint density at radius 1 is 1.46 bits per heavy atom. The Hall–Kier alpha value is -1.17. The maximum absolute atomic E-state index is 11.1. The van der Waals surface area contributed by atoms with E-state index in [1.54, 1.807) is 6.07 Å². The summed E-state index contributed by atoms with van der Waals surface area (Å²) in [5, 5.41) is -0.204. The summed E-state index contributed by atoms with van der Waals surface area (Å²) in [6.07, 6.45) is 1.69. The third-order valence-corrected chi connectivity index (χ3v) is 2.32. The molecule has 0 aromatic carbocycles. The van der Waals surface area contributed by atoms with E-state index in [9.17, 15) is 8.42 Å². The van der Waals surface area contributed by atoms with Gasteiger partial charge in [-0.25, -0.2) is 18.4 Å². The van der Waals surface area contributed by atoms with Crippen molar-refractivity contribution in [1.29, 1.82) is 0 Å². The maximum atomic E-state index is 11.1. The molecule has 1 heterocycles. The first-order valence-corrected chi connectivity index (χ1v) is 5.66. The molecule has 1 aromatic heterocycles. The molecule has 0 aliphatic rings. The van der Waals surface area contributed by atoms with E-state index in [2.05, 4.69) is 9.97 Å². The molecule has 0 aliphatic heterocycles. The number of sulfone groups is 1. The summed E-state index contributed by atoms with van der Waals surface area (Å²) >= 11 is 0. The number of nitrogens with zero attached hydrogens (tertiary/aromatic N) is 2. The number of aryl methyl sites for hydroxylation is 1. The van der Waals surface area contributed by atoms with Gasteiger partial charge in [-0.3, -0.25) is 0 Å². The Morgan fingerprint density at radius 2 is 2.08 bits per heavy atom. The number of anilines is 1. The van der Waals surface area contributed by atoms with Gasteiger partial charge in [0.1, 0.15) is 5.82 Å². The van der Waals surface area contributed by atoms with Crippen molar-refractivity contribution in [3.05, 3.63) is 11.8 Å². The molecule has 0 fully saturated rings. The van der Waals surface area contributed by atoms with Crippen molar-refractivity contribution in [2.75, 3.05) is 12.0 Å². The standard InChI is InChI=1S/C7H11N3O2S/c1-3-5-4-6(8)10-7(9-5)13(2,11)12/h4H,3H2,1-2H3,(H2,8,9,10). The van der Waals surface area contributed by atoms with Crippen LogP contribution in [0.2, 0.25) is 0 Å². The van der Waals surface area contributed by atoms with Crippen molar-refractivity contribution < 1.29 is 8.42 Å². The summed E-state index contributed by atoms with van der Waals surface area (Å²) in [6.45, 7) is 1.87. The van der Waals surface area contributed by atoms with Gasteiger partial charge in [0, 0.05) is 18.0 Å². The predicted molar refractivity (Wildman–Crippen MR) is 48.9 cm³/mol. The Balaban J connectivity index is 3.33. The van der Waals surface area contributed by atoms with Gasteiger partial charge in [-0.1, -0.05) is 6.92 Å². The number of nitrogens with two attached hydrogens (primary N) is 1. The molecule has 0 unspecified atom stereocenters. The van der Waals surface area contributed by atoms with Crippen LogP contribution in [0.5, 0.6) is 0 Å². The molecule has 72 valence electrons. The summed E-state index contributed by atoms with van der Waals surface area (Å²) in [6, 6.07) is 1.56. The van der Waals surface area contributed by atoms with Crippen LogP contribution in [0.25, 0.3) is 0 Å². The molecule has 13 heavy (non-hydrogen) atoms. The molecule has 0 saturated carbocycles. The van der Waals surface area contributed by atoms with E-state index >= 15 is 0 Å². The van der Waals surface area contributed by atoms with Crippen molar-refractivity contribution in [2.45, 2.75) is 18.5 Å². The third-order valence-electron chi connectivity index (χ3n) is 1.47. The number of rotatable bonds is 2. The quantitative estimate of drug-likeness (QED) is 0.682. The summed E-state index contributed by atoms with van der Waals surface area (Å²) in [5.41, 5.74) is 6.05. The van der Waals surface area contributed by atoms with Gasteiger partial charge >= 0.3 is 0 Å². The molecule has 5 nitrogen and oxygen atoms in total. The first kappa shape index (κ1) is 9.91. The van der Waals surface area contributed by atoms with E-state index in [1.165, 1.54) is 0 Å². The number of hydrogen-bond donors (Lipinski definition) is 1. The van der Waals surface area contributed by atoms with Gasteiger partial charge in [0.15, 0.2) is 0 Å². The highest BCUT2D eigenvalue weighted by atomic mass is 32.2. The van der Waals surface area contributed by atoms with Crippen molar-refractivity contribution >= 4 is 15.7 Å². The molecule has 0 spiro atoms. The van der Waals surface area contributed by atoms with Crippen molar-refractivity contribution in [3.8, 4) is 0 Å². The van der Waals surface area contributed by atoms with E-state index in [0.29, 0.717) is 12.1 Å². The van der Waals surface area contributed by atoms with Gasteiger partial charge in [-0.05, 0) is 6.42 Å². The van der Waals surface area contributed by atoms with Crippen molar-refractivity contribution in [2.24, 2.45) is 0 Å². The lowest BCUT2D eigenvalue weighted by Gasteiger charge is -2.01. The average molecular weight is 201 g/mol. The van der Waals surface area contributed by atoms with E-state index in [4.69, 9.17) is 5.73 Å². The summed E-state index contributed by atoms with van der Waals surface area (Å²) in [5.74, 6) is 0.187. The lowest BCUT2D eigenvalue weighted by atomic mass is 10.3. The van der Waals surface area contributed by atoms with Crippen LogP contribution in [0, 0.1) is 0 Å². The van der Waals surface area contributed by atoms with Crippen molar-refractivity contribution in [3.63, 3.8) is 0 Å². The Morgan fingerprint density at radius 3 is 2.54 bits per heavy atom. The minimum atomic E-state index is -3.36. The van der Waals surface area contributed by atoms with Crippen molar-refractivity contribution in [1.82, 2.24) is 9.97 Å². The summed E-state index contributed by atoms with van der Waals surface area (Å²) < 4.78 is 22.1. The van der Waals surface area contributed by atoms with Crippen LogP contribution in [-0.4, -0.2) is 24.6 Å². The molecule has 6 heteroatoms. The second-order valence-electron chi connectivity index (χ2n) is 2.69. The van der Waals surface area contributed by atoms with Gasteiger partial charge in [-0.2, -0.15) is 0 Å². The van der Waals surface area contributed by atoms with Crippen LogP contribution < -0.4 is 5.73 Å². The van der Waals surface area contributed by atoms with Crippen LogP contribution in [0.3, 0.4) is 0 Å². The fourth-order valence-corrected chi connectivity index (χ4v) is 1.39. The topological polar surface area (TPSA) is 85.9 Å². The van der Waals surface area contributed by atoms with E-state index in [0.717, 1.165) is 6.26 Å². The summed E-state index contributed by atoms with van der Waals surface area (Å²) in [7, 11) is -3.36. The van der Waals surface area contributed by atoms with Gasteiger partial charge in [-0.15, -0.1) is 0 Å². The minimum absolute atomic E-state index is 0.187. The second kappa shape index (κ2) is 3.29. The molecule has 0 bridgehead atoms. The molecular formula is C7H11N3O2S. The highest BCUT2D eigenvalue weighted by Gasteiger charge is 2.12. The minimum Gasteiger partial charge on any atom is -0.384 e. The largest absolute Gasteiger partial charge is 0.384 e.